The van der Waals surface area contributed by atoms with Crippen molar-refractivity contribution >= 4 is 12.1 Å². The molecule has 0 N–H and O–H groups in total. The number of fused-ring (bicyclic) bond motifs is 3. The van der Waals surface area contributed by atoms with Gasteiger partial charge in [-0.3, -0.25) is 4.90 Å². The summed E-state index contributed by atoms with van der Waals surface area (Å²) in [6, 6.07) is 55.0. The van der Waals surface area contributed by atoms with Crippen LogP contribution in [0.25, 0.3) is 11.1 Å². The average Bonchev–Trinajstić information content (AvgIpc) is 3.96. The first-order valence-corrected chi connectivity index (χ1v) is 23.3. The zero-order valence-electron chi connectivity index (χ0n) is 38.0. The fourth-order valence-corrected chi connectivity index (χ4v) is 9.28. The number of esters is 1. The summed E-state index contributed by atoms with van der Waals surface area (Å²) in [6.07, 6.45) is -3.76. The lowest BCUT2D eigenvalue weighted by Crippen LogP contribution is -2.62. The summed E-state index contributed by atoms with van der Waals surface area (Å²) in [7, 11) is 0. The highest BCUT2D eigenvalue weighted by Crippen LogP contribution is 2.45. The minimum Gasteiger partial charge on any atom is -0.460 e. The largest absolute Gasteiger partial charge is 0.460 e. The summed E-state index contributed by atoms with van der Waals surface area (Å²) < 4.78 is 52.6. The van der Waals surface area contributed by atoms with E-state index in [1.807, 2.05) is 146 Å². The fourth-order valence-electron chi connectivity index (χ4n) is 9.28. The summed E-state index contributed by atoms with van der Waals surface area (Å²) in [5.41, 5.74) is 8.29. The molecule has 0 spiro atoms. The predicted molar refractivity (Wildman–Crippen MR) is 256 cm³/mol. The molecule has 3 aliphatic rings. The Hall–Kier alpha value is -6.44. The second kappa shape index (κ2) is 23.0. The quantitative estimate of drug-likeness (QED) is 0.0542. The maximum atomic E-state index is 14.3. The zero-order chi connectivity index (χ0) is 46.5. The number of hydrogen-bond donors (Lipinski definition) is 0. The summed E-state index contributed by atoms with van der Waals surface area (Å²) in [5.74, 6) is -0.757. The van der Waals surface area contributed by atoms with E-state index in [9.17, 15) is 9.59 Å². The topological polar surface area (TPSA) is 111 Å². The van der Waals surface area contributed by atoms with Crippen molar-refractivity contribution in [1.29, 1.82) is 0 Å². The van der Waals surface area contributed by atoms with Crippen molar-refractivity contribution < 1.29 is 47.5 Å². The average molecular weight is 916 g/mol. The van der Waals surface area contributed by atoms with Gasteiger partial charge in [0.2, 0.25) is 0 Å². The smallest absolute Gasteiger partial charge is 0.410 e. The van der Waals surface area contributed by atoms with Crippen molar-refractivity contribution in [3.63, 3.8) is 0 Å². The summed E-state index contributed by atoms with van der Waals surface area (Å²) >= 11 is 0. The molecule has 0 aromatic heterocycles. The first-order valence-electron chi connectivity index (χ1n) is 23.3. The van der Waals surface area contributed by atoms with Crippen molar-refractivity contribution in [3.8, 4) is 11.1 Å². The molecule has 68 heavy (non-hydrogen) atoms. The van der Waals surface area contributed by atoms with E-state index in [0.717, 1.165) is 44.5 Å². The van der Waals surface area contributed by atoms with Crippen LogP contribution in [0.4, 0.5) is 4.79 Å². The Labute approximate surface area is 398 Å². The number of ether oxygens (including phenoxy) is 8. The number of carbonyl (C=O) groups excluding carboxylic acids is 2. The lowest BCUT2D eigenvalue weighted by atomic mass is 9.97. The van der Waals surface area contributed by atoms with Crippen LogP contribution in [0.15, 0.2) is 183 Å². The van der Waals surface area contributed by atoms with E-state index < -0.39 is 54.9 Å². The van der Waals surface area contributed by atoms with Crippen molar-refractivity contribution in [2.75, 3.05) is 26.4 Å². The minimum atomic E-state index is -1.06. The molecular formula is C57H57NO10. The van der Waals surface area contributed by atoms with Gasteiger partial charge in [-0.1, -0.05) is 183 Å². The van der Waals surface area contributed by atoms with Gasteiger partial charge >= 0.3 is 12.1 Å². The lowest BCUT2D eigenvalue weighted by Gasteiger charge is -2.46. The van der Waals surface area contributed by atoms with Crippen LogP contribution in [0.3, 0.4) is 0 Å². The predicted octanol–water partition coefficient (Wildman–Crippen LogP) is 9.82. The molecule has 1 aliphatic carbocycles. The van der Waals surface area contributed by atoms with Gasteiger partial charge in [0.05, 0.1) is 45.7 Å². The Kier molecular flexibility index (Phi) is 15.8. The van der Waals surface area contributed by atoms with Crippen molar-refractivity contribution in [2.24, 2.45) is 0 Å². The first kappa shape index (κ1) is 46.7. The number of likely N-dealkylation sites (tertiary alicyclic amines) is 1. The third kappa shape index (κ3) is 11.4. The Morgan fingerprint density at radius 3 is 1.60 bits per heavy atom. The Morgan fingerprint density at radius 1 is 0.574 bits per heavy atom. The van der Waals surface area contributed by atoms with Gasteiger partial charge < -0.3 is 37.9 Å². The second-order valence-electron chi connectivity index (χ2n) is 17.2. The van der Waals surface area contributed by atoms with Crippen LogP contribution in [0.1, 0.15) is 45.7 Å². The van der Waals surface area contributed by atoms with Gasteiger partial charge in [0.15, 0.2) is 6.29 Å². The van der Waals surface area contributed by atoms with Crippen LogP contribution in [-0.2, 0) is 69.1 Å². The van der Waals surface area contributed by atoms with Gasteiger partial charge in [-0.2, -0.15) is 0 Å². The molecule has 0 bridgehead atoms. The Morgan fingerprint density at radius 2 is 1.06 bits per heavy atom. The monoisotopic (exact) mass is 915 g/mol. The van der Waals surface area contributed by atoms with E-state index in [-0.39, 0.29) is 58.5 Å². The molecule has 1 amide bonds. The van der Waals surface area contributed by atoms with E-state index in [4.69, 9.17) is 37.9 Å². The molecule has 9 rings (SSSR count). The second-order valence-corrected chi connectivity index (χ2v) is 17.2. The van der Waals surface area contributed by atoms with E-state index in [1.165, 1.54) is 11.0 Å². The highest BCUT2D eigenvalue weighted by Gasteiger charge is 2.52. The minimum absolute atomic E-state index is 0.0179. The molecule has 6 aromatic carbocycles. The molecule has 2 heterocycles. The number of nitrogens with zero attached hydrogens (tertiary/aromatic N) is 1. The van der Waals surface area contributed by atoms with Gasteiger partial charge in [0.1, 0.15) is 43.7 Å². The van der Waals surface area contributed by atoms with E-state index >= 15 is 0 Å². The van der Waals surface area contributed by atoms with Crippen LogP contribution < -0.4 is 0 Å². The molecule has 11 heteroatoms. The first-order chi connectivity index (χ1) is 33.5. The zero-order valence-corrected chi connectivity index (χ0v) is 38.0. The molecule has 6 aromatic rings. The molecule has 2 fully saturated rings. The number of rotatable bonds is 20. The van der Waals surface area contributed by atoms with Crippen molar-refractivity contribution in [3.05, 3.63) is 216 Å². The van der Waals surface area contributed by atoms with Gasteiger partial charge in [0, 0.05) is 12.3 Å². The highest BCUT2D eigenvalue weighted by molar-refractivity contribution is 5.83. The van der Waals surface area contributed by atoms with Crippen molar-refractivity contribution in [1.82, 2.24) is 4.90 Å². The molecule has 0 saturated carbocycles. The highest BCUT2D eigenvalue weighted by atomic mass is 16.7. The fraction of sp³-hybridized carbons (Fsp3) is 0.298. The molecule has 7 atom stereocenters. The summed E-state index contributed by atoms with van der Waals surface area (Å²) in [4.78, 5) is 29.5. The summed E-state index contributed by atoms with van der Waals surface area (Å²) in [6.45, 7) is 5.03. The SMILES string of the molecule is C=CCOC(=O)[C@@H]1C[C@@H](O[C@@H]2O[C@H](COCc3ccccc3)[C@H](OCc3ccccc3)[C@H](OCc3ccccc3)[C@H]2OCc2ccccc2)CN1C(=O)OCC1c2ccccc2-c2ccccc21. The molecular weight excluding hydrogens is 859 g/mol. The Bertz CT molecular complexity index is 2500. The maximum absolute atomic E-state index is 14.3. The van der Waals surface area contributed by atoms with Crippen molar-refractivity contribution in [2.45, 2.75) is 81.6 Å². The molecule has 350 valence electrons. The number of hydrogen-bond acceptors (Lipinski definition) is 10. The van der Waals surface area contributed by atoms with Crippen LogP contribution in [-0.4, -0.2) is 86.2 Å². The standard InChI is InChI=1S/C57H57NO10/c1-2-31-62-55(59)50-32-44(33-58(50)57(60)66-38-49-47-29-17-15-27-45(47)46-28-16-18-30-48(46)49)67-56-54(65-37-43-25-13-6-14-26-43)53(64-36-42-23-11-5-12-24-42)52(63-35-41-21-9-4-10-22-41)51(68-56)39-61-34-40-19-7-3-8-20-40/h2-30,44,49-54,56H,1,31-39H2/t44-,50+,51-,52+,53+,54-,56-/m1/s1. The third-order valence-corrected chi connectivity index (χ3v) is 12.6. The van der Waals surface area contributed by atoms with Gasteiger partial charge in [0.25, 0.3) is 0 Å². The van der Waals surface area contributed by atoms with Gasteiger partial charge in [-0.15, -0.1) is 0 Å². The molecule has 2 saturated heterocycles. The normalized spacial score (nSPS) is 22.0. The number of benzene rings is 6. The van der Waals surface area contributed by atoms with Gasteiger partial charge in [-0.25, -0.2) is 9.59 Å². The maximum Gasteiger partial charge on any atom is 0.410 e. The molecule has 11 nitrogen and oxygen atoms in total. The van der Waals surface area contributed by atoms with E-state index in [0.29, 0.717) is 6.61 Å². The Balaban J connectivity index is 1.00. The van der Waals surface area contributed by atoms with E-state index in [1.54, 1.807) is 0 Å². The number of amides is 1. The third-order valence-electron chi connectivity index (χ3n) is 12.6. The number of carbonyl (C=O) groups is 2. The summed E-state index contributed by atoms with van der Waals surface area (Å²) in [5, 5.41) is 0. The van der Waals surface area contributed by atoms with Crippen LogP contribution in [0.5, 0.6) is 0 Å². The lowest BCUT2D eigenvalue weighted by molar-refractivity contribution is -0.335. The van der Waals surface area contributed by atoms with Gasteiger partial charge in [-0.05, 0) is 44.5 Å². The molecule has 0 unspecified atom stereocenters. The molecule has 0 radical (unpaired) electrons. The van der Waals surface area contributed by atoms with E-state index in [2.05, 4.69) is 30.8 Å². The van der Waals surface area contributed by atoms with Crippen LogP contribution in [0, 0.1) is 0 Å². The van der Waals surface area contributed by atoms with Crippen LogP contribution >= 0.6 is 0 Å². The molecule has 2 aliphatic heterocycles. The van der Waals surface area contributed by atoms with Crippen LogP contribution in [0.2, 0.25) is 0 Å².